The monoisotopic (exact) mass is 583 g/mol. The molecule has 206 valence electrons. The average molecular weight is 585 g/mol. The molecule has 7 nitrogen and oxygen atoms in total. The molecule has 9 heteroatoms. The molecule has 1 aliphatic heterocycles. The topological polar surface area (TPSA) is 72.2 Å². The predicted octanol–water partition coefficient (Wildman–Crippen LogP) is 6.32. The van der Waals surface area contributed by atoms with Crippen molar-refractivity contribution in [3.8, 4) is 5.69 Å². The lowest BCUT2D eigenvalue weighted by molar-refractivity contribution is 0.240. The highest BCUT2D eigenvalue weighted by Gasteiger charge is 2.26. The molecule has 0 radical (unpaired) electrons. The SMILES string of the molecule is O=C(NCc1ccnc(Cl)c1)n1c2c(c3cc(-n4ccccc4=O)ccc31)CN(C/C=C/c1ccc(Cl)cc1)CC2. The Balaban J connectivity index is 1.33. The molecule has 0 saturated heterocycles. The van der Waals surface area contributed by atoms with Crippen LogP contribution in [0.25, 0.3) is 22.7 Å². The first-order valence-electron chi connectivity index (χ1n) is 13.3. The standard InChI is InChI=1S/C32H27Cl2N5O2/c33-24-8-6-22(7-9-24)4-3-15-37-17-13-29-27(21-37)26-19-25(38-16-2-1-5-31(38)40)10-11-28(26)39(29)32(41)36-20-23-12-14-35-30(34)18-23/h1-12,14,16,18-19H,13,15,17,20-21H2,(H,36,41)/b4-3+. The van der Waals surface area contributed by atoms with Crippen LogP contribution in [0.3, 0.4) is 0 Å². The van der Waals surface area contributed by atoms with Gasteiger partial charge in [0.25, 0.3) is 5.56 Å². The lowest BCUT2D eigenvalue weighted by atomic mass is 10.0. The Morgan fingerprint density at radius 2 is 1.88 bits per heavy atom. The highest BCUT2D eigenvalue weighted by Crippen LogP contribution is 2.32. The Kier molecular flexibility index (Phi) is 7.74. The average Bonchev–Trinajstić information content (AvgIpc) is 3.30. The normalized spacial score (nSPS) is 13.5. The number of halogens is 2. The van der Waals surface area contributed by atoms with Gasteiger partial charge in [0, 0.05) is 72.9 Å². The van der Waals surface area contributed by atoms with E-state index in [9.17, 15) is 9.59 Å². The summed E-state index contributed by atoms with van der Waals surface area (Å²) in [7, 11) is 0. The summed E-state index contributed by atoms with van der Waals surface area (Å²) in [4.78, 5) is 32.5. The van der Waals surface area contributed by atoms with Crippen molar-refractivity contribution in [1.82, 2.24) is 24.3 Å². The van der Waals surface area contributed by atoms with Gasteiger partial charge >= 0.3 is 6.03 Å². The minimum absolute atomic E-state index is 0.108. The van der Waals surface area contributed by atoms with Crippen molar-refractivity contribution in [2.75, 3.05) is 13.1 Å². The maximum Gasteiger partial charge on any atom is 0.326 e. The number of carbonyl (C=O) groups is 1. The van der Waals surface area contributed by atoms with Crippen molar-refractivity contribution >= 4 is 46.2 Å². The van der Waals surface area contributed by atoms with Gasteiger partial charge in [0.2, 0.25) is 0 Å². The quantitative estimate of drug-likeness (QED) is 0.237. The van der Waals surface area contributed by atoms with Crippen LogP contribution in [0.15, 0.2) is 96.1 Å². The van der Waals surface area contributed by atoms with E-state index < -0.39 is 0 Å². The molecule has 0 aliphatic carbocycles. The molecule has 0 bridgehead atoms. The second-order valence-corrected chi connectivity index (χ2v) is 10.8. The number of pyridine rings is 2. The second-order valence-electron chi connectivity index (χ2n) is 9.96. The highest BCUT2D eigenvalue weighted by molar-refractivity contribution is 6.30. The van der Waals surface area contributed by atoms with E-state index in [2.05, 4.69) is 27.4 Å². The van der Waals surface area contributed by atoms with Gasteiger partial charge in [0.15, 0.2) is 0 Å². The summed E-state index contributed by atoms with van der Waals surface area (Å²) < 4.78 is 3.40. The van der Waals surface area contributed by atoms with E-state index in [0.29, 0.717) is 29.7 Å². The molecular weight excluding hydrogens is 557 g/mol. The zero-order chi connectivity index (χ0) is 28.3. The largest absolute Gasteiger partial charge is 0.333 e. The number of fused-ring (bicyclic) bond motifs is 3. The van der Waals surface area contributed by atoms with Gasteiger partial charge in [0.05, 0.1) is 5.52 Å². The zero-order valence-corrected chi connectivity index (χ0v) is 23.6. The van der Waals surface area contributed by atoms with Crippen LogP contribution >= 0.6 is 23.2 Å². The molecule has 2 aromatic carbocycles. The van der Waals surface area contributed by atoms with Gasteiger partial charge in [-0.25, -0.2) is 9.78 Å². The molecule has 3 aromatic heterocycles. The summed E-state index contributed by atoms with van der Waals surface area (Å²) in [5, 5.41) is 5.10. The van der Waals surface area contributed by atoms with E-state index in [-0.39, 0.29) is 11.6 Å². The predicted molar refractivity (Wildman–Crippen MR) is 164 cm³/mol. The van der Waals surface area contributed by atoms with Gasteiger partial charge in [-0.2, -0.15) is 0 Å². The lowest BCUT2D eigenvalue weighted by Gasteiger charge is -2.27. The maximum absolute atomic E-state index is 13.6. The first-order chi connectivity index (χ1) is 20.0. The summed E-state index contributed by atoms with van der Waals surface area (Å²) in [6, 6.07) is 22.0. The fourth-order valence-electron chi connectivity index (χ4n) is 5.30. The van der Waals surface area contributed by atoms with Gasteiger partial charge < -0.3 is 5.32 Å². The van der Waals surface area contributed by atoms with Crippen LogP contribution in [0.2, 0.25) is 10.2 Å². The molecule has 1 N–H and O–H groups in total. The molecule has 0 atom stereocenters. The first-order valence-corrected chi connectivity index (χ1v) is 14.1. The van der Waals surface area contributed by atoms with Gasteiger partial charge in [-0.3, -0.25) is 18.8 Å². The van der Waals surface area contributed by atoms with Gasteiger partial charge in [0.1, 0.15) is 5.15 Å². The van der Waals surface area contributed by atoms with Crippen LogP contribution in [0.5, 0.6) is 0 Å². The fourth-order valence-corrected chi connectivity index (χ4v) is 5.62. The minimum atomic E-state index is -0.204. The number of hydrogen-bond donors (Lipinski definition) is 1. The van der Waals surface area contributed by atoms with Crippen LogP contribution in [0, 0.1) is 0 Å². The Labute approximate surface area is 247 Å². The number of benzene rings is 2. The molecular formula is C32H27Cl2N5O2. The third-order valence-electron chi connectivity index (χ3n) is 7.29. The number of aromatic nitrogens is 3. The molecule has 1 aliphatic rings. The molecule has 0 unspecified atom stereocenters. The van der Waals surface area contributed by atoms with Crippen molar-refractivity contribution in [2.45, 2.75) is 19.5 Å². The molecule has 0 fully saturated rings. The van der Waals surface area contributed by atoms with Crippen molar-refractivity contribution in [3.63, 3.8) is 0 Å². The third-order valence-corrected chi connectivity index (χ3v) is 7.75. The highest BCUT2D eigenvalue weighted by atomic mass is 35.5. The van der Waals surface area contributed by atoms with Crippen molar-refractivity contribution in [3.05, 3.63) is 134 Å². The maximum atomic E-state index is 13.6. The molecule has 6 rings (SSSR count). The van der Waals surface area contributed by atoms with Crippen molar-refractivity contribution in [1.29, 1.82) is 0 Å². The van der Waals surface area contributed by atoms with Gasteiger partial charge in [-0.1, -0.05) is 53.6 Å². The number of nitrogens with one attached hydrogen (secondary N) is 1. The van der Waals surface area contributed by atoms with Crippen LogP contribution in [0.1, 0.15) is 22.4 Å². The van der Waals surface area contributed by atoms with Crippen LogP contribution in [-0.4, -0.2) is 38.1 Å². The molecule has 0 saturated carbocycles. The third kappa shape index (κ3) is 5.84. The molecule has 1 amide bonds. The molecule has 41 heavy (non-hydrogen) atoms. The van der Waals surface area contributed by atoms with E-state index in [1.807, 2.05) is 54.6 Å². The Morgan fingerprint density at radius 3 is 2.68 bits per heavy atom. The van der Waals surface area contributed by atoms with E-state index in [1.165, 1.54) is 0 Å². The van der Waals surface area contributed by atoms with Gasteiger partial charge in [-0.05, 0) is 65.2 Å². The number of carbonyl (C=O) groups excluding carboxylic acids is 1. The number of nitrogens with zero attached hydrogens (tertiary/aromatic N) is 4. The summed E-state index contributed by atoms with van der Waals surface area (Å²) in [5.74, 6) is 0. The molecule has 4 heterocycles. The first kappa shape index (κ1) is 27.0. The summed E-state index contributed by atoms with van der Waals surface area (Å²) in [6.45, 7) is 2.59. The minimum Gasteiger partial charge on any atom is -0.333 e. The summed E-state index contributed by atoms with van der Waals surface area (Å²) >= 11 is 12.0. The van der Waals surface area contributed by atoms with E-state index in [4.69, 9.17) is 23.2 Å². The number of rotatable bonds is 6. The Hall–Kier alpha value is -4.17. The van der Waals surface area contributed by atoms with Crippen LogP contribution in [-0.2, 0) is 19.5 Å². The Bertz CT molecular complexity index is 1820. The smallest absolute Gasteiger partial charge is 0.326 e. The van der Waals surface area contributed by atoms with Crippen LogP contribution in [0.4, 0.5) is 4.79 Å². The van der Waals surface area contributed by atoms with Crippen LogP contribution < -0.4 is 10.9 Å². The summed E-state index contributed by atoms with van der Waals surface area (Å²) in [6.07, 6.45) is 8.34. The van der Waals surface area contributed by atoms with Crippen molar-refractivity contribution < 1.29 is 4.79 Å². The van der Waals surface area contributed by atoms with Crippen molar-refractivity contribution in [2.24, 2.45) is 0 Å². The van der Waals surface area contributed by atoms with E-state index in [1.54, 1.807) is 39.7 Å². The molecule has 0 spiro atoms. The summed E-state index contributed by atoms with van der Waals surface area (Å²) in [5.41, 5.74) is 5.51. The molecule has 5 aromatic rings. The van der Waals surface area contributed by atoms with E-state index in [0.717, 1.165) is 52.1 Å². The second kappa shape index (κ2) is 11.7. The van der Waals surface area contributed by atoms with E-state index >= 15 is 0 Å². The Morgan fingerprint density at radius 1 is 1.02 bits per heavy atom. The van der Waals surface area contributed by atoms with Gasteiger partial charge in [-0.15, -0.1) is 0 Å². The zero-order valence-electron chi connectivity index (χ0n) is 22.1. The number of hydrogen-bond acceptors (Lipinski definition) is 4. The number of amides is 1. The fraction of sp³-hybridized carbons (Fsp3) is 0.156. The lowest BCUT2D eigenvalue weighted by Crippen LogP contribution is -2.34.